The molecule has 2 saturated carbocycles. The van der Waals surface area contributed by atoms with Crippen molar-refractivity contribution in [2.24, 2.45) is 11.7 Å². The van der Waals surface area contributed by atoms with Crippen LogP contribution in [0.2, 0.25) is 0 Å². The van der Waals surface area contributed by atoms with Gasteiger partial charge in [0.2, 0.25) is 21.8 Å². The smallest absolute Gasteiger partial charge is 0.407 e. The van der Waals surface area contributed by atoms with Crippen LogP contribution in [0.4, 0.5) is 4.79 Å². The van der Waals surface area contributed by atoms with Gasteiger partial charge in [0.1, 0.15) is 28.4 Å². The topological polar surface area (TPSA) is 236 Å². The van der Waals surface area contributed by atoms with Gasteiger partial charge in [-0.2, -0.15) is 0 Å². The summed E-state index contributed by atoms with van der Waals surface area (Å²) in [6, 6.07) is 4.76. The molecule has 0 unspecified atom stereocenters. The number of sulfonamides is 1. The molecule has 4 aliphatic rings. The lowest BCUT2D eigenvalue weighted by Gasteiger charge is -2.30. The summed E-state index contributed by atoms with van der Waals surface area (Å²) in [7, 11) is -3.85. The van der Waals surface area contributed by atoms with Crippen molar-refractivity contribution >= 4 is 51.1 Å². The van der Waals surface area contributed by atoms with Gasteiger partial charge in [0.05, 0.1) is 18.5 Å². The second-order valence-corrected chi connectivity index (χ2v) is 17.4. The molecule has 18 heteroatoms. The lowest BCUT2D eigenvalue weighted by atomic mass is 10.0. The van der Waals surface area contributed by atoms with E-state index < -0.39 is 74.6 Å². The Morgan fingerprint density at radius 3 is 2.65 bits per heavy atom. The number of nitrogens with two attached hydrogens (primary N) is 1. The zero-order chi connectivity index (χ0) is 39.2. The first-order chi connectivity index (χ1) is 26.4. The zero-order valence-electron chi connectivity index (χ0n) is 30.4. The Balaban J connectivity index is 0.992. The monoisotopic (exact) mass is 800 g/mol. The van der Waals surface area contributed by atoms with E-state index in [1.807, 2.05) is 24.3 Å². The van der Waals surface area contributed by atoms with Crippen LogP contribution in [0.1, 0.15) is 87.5 Å². The molecule has 0 bridgehead atoms. The fourth-order valence-electron chi connectivity index (χ4n) is 6.98. The average Bonchev–Trinajstić information content (AvgIpc) is 4.03. The number of nitrogens with zero attached hydrogens (tertiary/aromatic N) is 2. The molecule has 4 amide bonds. The van der Waals surface area contributed by atoms with Crippen molar-refractivity contribution in [3.05, 3.63) is 47.5 Å². The highest BCUT2D eigenvalue weighted by Gasteiger charge is 2.62. The second-order valence-electron chi connectivity index (χ2n) is 14.6. The van der Waals surface area contributed by atoms with E-state index in [1.54, 1.807) is 12.1 Å². The van der Waals surface area contributed by atoms with Crippen molar-refractivity contribution in [3.63, 3.8) is 0 Å². The van der Waals surface area contributed by atoms with Gasteiger partial charge in [0.15, 0.2) is 5.69 Å². The standard InChI is InChI=1S/C37H48N6O10S2/c38-25-19-30-31(44)41-37(35(48)42-55(50,51)27-14-15-27)20-24(37)11-5-2-1-3-6-13-28(33(45)43(30)21-25)40-36(49)53-17-8-4-7-16-52-26-12-9-10-23(18-26)32-39-29(22-54-32)34(46)47/h5,9-12,18,22,24-25,27-28,30H,1-4,6-8,13-17,19-21,38H2,(H,40,49)(H,41,44)(H,42,48)(H,46,47)/b11-5-/t24-,25+,28-,30-,37+/m0/s1. The first kappa shape index (κ1) is 40.1. The summed E-state index contributed by atoms with van der Waals surface area (Å²) in [6.07, 6.45) is 9.53. The second kappa shape index (κ2) is 17.5. The normalized spacial score (nSPS) is 26.3. The molecule has 0 spiro atoms. The van der Waals surface area contributed by atoms with Crippen LogP contribution in [-0.4, -0.2) is 102 Å². The third kappa shape index (κ3) is 10.2. The summed E-state index contributed by atoms with van der Waals surface area (Å²) in [5.41, 5.74) is 5.54. The summed E-state index contributed by atoms with van der Waals surface area (Å²) >= 11 is 1.24. The third-order valence-corrected chi connectivity index (χ3v) is 13.0. The summed E-state index contributed by atoms with van der Waals surface area (Å²) in [5.74, 6) is -2.70. The van der Waals surface area contributed by atoms with Crippen molar-refractivity contribution in [2.75, 3.05) is 19.8 Å². The van der Waals surface area contributed by atoms with Crippen molar-refractivity contribution < 1.29 is 47.0 Å². The molecular weight excluding hydrogens is 753 g/mol. The van der Waals surface area contributed by atoms with Crippen molar-refractivity contribution in [3.8, 4) is 16.3 Å². The number of hydrogen-bond donors (Lipinski definition) is 5. The number of carboxylic acids is 1. The maximum Gasteiger partial charge on any atom is 0.407 e. The molecule has 55 heavy (non-hydrogen) atoms. The van der Waals surface area contributed by atoms with E-state index in [0.717, 1.165) is 18.4 Å². The number of allylic oxidation sites excluding steroid dienone is 1. The fraction of sp³-hybridized carbons (Fsp3) is 0.568. The predicted molar refractivity (Wildman–Crippen MR) is 202 cm³/mol. The van der Waals surface area contributed by atoms with Crippen LogP contribution in [-0.2, 0) is 29.1 Å². The Morgan fingerprint density at radius 2 is 1.89 bits per heavy atom. The van der Waals surface area contributed by atoms with Crippen LogP contribution in [0.5, 0.6) is 5.75 Å². The molecule has 1 aromatic carbocycles. The molecular formula is C37H48N6O10S2. The Hall–Kier alpha value is -4.55. The van der Waals surface area contributed by atoms with Gasteiger partial charge < -0.3 is 35.8 Å². The summed E-state index contributed by atoms with van der Waals surface area (Å²) in [5, 5.41) is 16.1. The van der Waals surface area contributed by atoms with E-state index in [1.165, 1.54) is 21.6 Å². The number of fused-ring (bicyclic) bond motifs is 2. The fourth-order valence-corrected chi connectivity index (χ4v) is 9.13. The predicted octanol–water partition coefficient (Wildman–Crippen LogP) is 3.08. The van der Waals surface area contributed by atoms with Crippen molar-refractivity contribution in [2.45, 2.75) is 106 Å². The van der Waals surface area contributed by atoms with Gasteiger partial charge >= 0.3 is 12.1 Å². The number of carbonyl (C=O) groups is 5. The number of rotatable bonds is 13. The van der Waals surface area contributed by atoms with Crippen LogP contribution in [0.3, 0.4) is 0 Å². The molecule has 6 N–H and O–H groups in total. The van der Waals surface area contributed by atoms with Crippen LogP contribution < -0.4 is 25.8 Å². The Bertz CT molecular complexity index is 1900. The van der Waals surface area contributed by atoms with E-state index in [0.29, 0.717) is 68.7 Å². The van der Waals surface area contributed by atoms with Gasteiger partial charge in [-0.3, -0.25) is 19.1 Å². The number of carbonyl (C=O) groups excluding carboxylic acids is 4. The molecule has 2 aliphatic heterocycles. The number of aromatic carboxylic acids is 1. The summed E-state index contributed by atoms with van der Waals surface area (Å²) in [6.45, 7) is 0.608. The molecule has 298 valence electrons. The van der Waals surface area contributed by atoms with Gasteiger partial charge in [-0.15, -0.1) is 11.3 Å². The number of thiazole rings is 1. The Kier molecular flexibility index (Phi) is 12.8. The lowest BCUT2D eigenvalue weighted by Crippen LogP contribution is -2.58. The number of benzene rings is 1. The lowest BCUT2D eigenvalue weighted by molar-refractivity contribution is -0.141. The minimum atomic E-state index is -3.85. The van der Waals surface area contributed by atoms with E-state index in [4.69, 9.17) is 20.3 Å². The number of ether oxygens (including phenoxy) is 2. The molecule has 1 saturated heterocycles. The third-order valence-electron chi connectivity index (χ3n) is 10.3. The highest BCUT2D eigenvalue weighted by Crippen LogP contribution is 2.46. The maximum absolute atomic E-state index is 14.0. The first-order valence-corrected chi connectivity index (χ1v) is 21.2. The molecule has 5 atom stereocenters. The largest absolute Gasteiger partial charge is 0.494 e. The Morgan fingerprint density at radius 1 is 1.09 bits per heavy atom. The van der Waals surface area contributed by atoms with E-state index in [9.17, 15) is 32.4 Å². The van der Waals surface area contributed by atoms with E-state index in [-0.39, 0.29) is 31.7 Å². The van der Waals surface area contributed by atoms with Gasteiger partial charge in [-0.25, -0.2) is 23.0 Å². The highest BCUT2D eigenvalue weighted by molar-refractivity contribution is 7.91. The maximum atomic E-state index is 14.0. The highest BCUT2D eigenvalue weighted by atomic mass is 32.2. The van der Waals surface area contributed by atoms with E-state index in [2.05, 4.69) is 20.3 Å². The van der Waals surface area contributed by atoms with Gasteiger partial charge in [0.25, 0.3) is 5.91 Å². The molecule has 2 aliphatic carbocycles. The molecule has 3 heterocycles. The Labute approximate surface area is 323 Å². The number of carboxylic acid groups (broad SMARTS) is 1. The molecule has 0 radical (unpaired) electrons. The minimum Gasteiger partial charge on any atom is -0.494 e. The number of unbranched alkanes of at least 4 members (excludes halogenated alkanes) is 2. The molecule has 16 nitrogen and oxygen atoms in total. The zero-order valence-corrected chi connectivity index (χ0v) is 32.1. The minimum absolute atomic E-state index is 0.00646. The van der Waals surface area contributed by atoms with Gasteiger partial charge in [-0.1, -0.05) is 37.1 Å². The molecule has 6 rings (SSSR count). The molecule has 1 aromatic heterocycles. The number of hydrogen-bond acceptors (Lipinski definition) is 12. The summed E-state index contributed by atoms with van der Waals surface area (Å²) in [4.78, 5) is 70.7. The van der Waals surface area contributed by atoms with Crippen LogP contribution in [0.15, 0.2) is 41.8 Å². The number of amides is 4. The summed E-state index contributed by atoms with van der Waals surface area (Å²) < 4.78 is 38.7. The van der Waals surface area contributed by atoms with Crippen LogP contribution >= 0.6 is 11.3 Å². The first-order valence-electron chi connectivity index (χ1n) is 18.8. The number of nitrogens with one attached hydrogen (secondary N) is 3. The quantitative estimate of drug-likeness (QED) is 0.145. The molecule has 3 fully saturated rings. The van der Waals surface area contributed by atoms with Crippen LogP contribution in [0, 0.1) is 5.92 Å². The van der Waals surface area contributed by atoms with Crippen LogP contribution in [0.25, 0.3) is 10.6 Å². The average molecular weight is 801 g/mol. The molecule has 2 aromatic rings. The van der Waals surface area contributed by atoms with Gasteiger partial charge in [-0.05, 0) is 76.3 Å². The van der Waals surface area contributed by atoms with Crippen molar-refractivity contribution in [1.82, 2.24) is 25.2 Å². The van der Waals surface area contributed by atoms with E-state index >= 15 is 0 Å². The van der Waals surface area contributed by atoms with Crippen molar-refractivity contribution in [1.29, 1.82) is 0 Å². The SMILES string of the molecule is N[C@@H]1C[C@H]2C(=O)N[C@]3(C(=O)NS(=O)(=O)C4CC4)C[C@@H]3/C=C\CCCCC[C@H](NC(=O)OCCCCCOc3cccc(-c4nc(C(=O)O)cs4)c3)C(=O)N2C1. The number of aromatic nitrogens is 1. The van der Waals surface area contributed by atoms with Gasteiger partial charge in [0, 0.05) is 29.4 Å². The number of alkyl carbamates (subject to hydrolysis) is 1.